The Morgan fingerprint density at radius 1 is 1.07 bits per heavy atom. The van der Waals surface area contributed by atoms with Gasteiger partial charge in [0.25, 0.3) is 0 Å². The maximum Gasteiger partial charge on any atom is 0.247 e. The Kier molecular flexibility index (Phi) is 5.51. The highest BCUT2D eigenvalue weighted by Crippen LogP contribution is 2.13. The van der Waals surface area contributed by atoms with Gasteiger partial charge in [0.1, 0.15) is 0 Å². The smallest absolute Gasteiger partial charge is 0.247 e. The van der Waals surface area contributed by atoms with Crippen LogP contribution < -0.4 is 5.32 Å². The average Bonchev–Trinajstić information content (AvgIpc) is 1.97. The van der Waals surface area contributed by atoms with Crippen LogP contribution in [0.2, 0.25) is 0 Å². The molecule has 2 heteroatoms. The van der Waals surface area contributed by atoms with E-state index in [-0.39, 0.29) is 17.9 Å². The molecule has 0 aromatic carbocycles. The van der Waals surface area contributed by atoms with Crippen LogP contribution in [0.25, 0.3) is 0 Å². The molecule has 82 valence electrons. The maximum absolute atomic E-state index is 11.8. The fourth-order valence-corrected chi connectivity index (χ4v) is 1.23. The minimum atomic E-state index is 0.0729. The number of nitrogens with one attached hydrogen (secondary N) is 1. The summed E-state index contributed by atoms with van der Waals surface area (Å²) in [4.78, 5) is 11.8. The van der Waals surface area contributed by atoms with Crippen LogP contribution in [0.5, 0.6) is 0 Å². The van der Waals surface area contributed by atoms with E-state index >= 15 is 0 Å². The fraction of sp³-hybridized carbons (Fsp3) is 0.750. The van der Waals surface area contributed by atoms with Crippen molar-refractivity contribution in [3.8, 4) is 0 Å². The average molecular weight is 197 g/mol. The van der Waals surface area contributed by atoms with Gasteiger partial charge in [-0.2, -0.15) is 0 Å². The summed E-state index contributed by atoms with van der Waals surface area (Å²) in [5.41, 5.74) is 0.897. The van der Waals surface area contributed by atoms with Crippen LogP contribution in [0.15, 0.2) is 11.6 Å². The van der Waals surface area contributed by atoms with Crippen LogP contribution in [0.4, 0.5) is 0 Å². The molecule has 0 rings (SSSR count). The van der Waals surface area contributed by atoms with E-state index < -0.39 is 0 Å². The predicted molar refractivity (Wildman–Crippen MR) is 61.0 cm³/mol. The van der Waals surface area contributed by atoms with E-state index in [2.05, 4.69) is 19.2 Å². The molecule has 0 aromatic heterocycles. The zero-order chi connectivity index (χ0) is 11.3. The second-order valence-electron chi connectivity index (χ2n) is 4.65. The number of amides is 1. The number of hydrogen-bond donors (Lipinski definition) is 1. The van der Waals surface area contributed by atoms with Crippen LogP contribution in [-0.2, 0) is 4.79 Å². The van der Waals surface area contributed by atoms with Gasteiger partial charge in [0.15, 0.2) is 0 Å². The summed E-state index contributed by atoms with van der Waals surface area (Å²) in [5.74, 6) is 0.783. The van der Waals surface area contributed by atoms with E-state index in [1.165, 1.54) is 0 Å². The van der Waals surface area contributed by atoms with Crippen molar-refractivity contribution in [2.24, 2.45) is 11.8 Å². The Morgan fingerprint density at radius 3 is 1.86 bits per heavy atom. The molecule has 0 bridgehead atoms. The van der Waals surface area contributed by atoms with Gasteiger partial charge in [0.05, 0.1) is 0 Å². The summed E-state index contributed by atoms with van der Waals surface area (Å²) < 4.78 is 0. The molecule has 0 spiro atoms. The first kappa shape index (κ1) is 13.2. The van der Waals surface area contributed by atoms with Crippen LogP contribution >= 0.6 is 0 Å². The summed E-state index contributed by atoms with van der Waals surface area (Å²) >= 11 is 0. The van der Waals surface area contributed by atoms with E-state index in [0.29, 0.717) is 5.92 Å². The molecule has 0 aliphatic carbocycles. The first-order valence-corrected chi connectivity index (χ1v) is 5.37. The van der Waals surface area contributed by atoms with E-state index in [1.54, 1.807) is 0 Å². The van der Waals surface area contributed by atoms with E-state index in [4.69, 9.17) is 0 Å². The van der Waals surface area contributed by atoms with Crippen molar-refractivity contribution in [1.29, 1.82) is 0 Å². The van der Waals surface area contributed by atoms with Crippen LogP contribution in [-0.4, -0.2) is 11.9 Å². The molecule has 0 saturated carbocycles. The highest BCUT2D eigenvalue weighted by molar-refractivity contribution is 5.93. The topological polar surface area (TPSA) is 29.1 Å². The summed E-state index contributed by atoms with van der Waals surface area (Å²) in [6.45, 7) is 12.2. The van der Waals surface area contributed by atoms with Crippen LogP contribution in [0.3, 0.4) is 0 Å². The number of carbonyl (C=O) groups excluding carboxylic acids is 1. The van der Waals surface area contributed by atoms with E-state index in [1.807, 2.05) is 33.8 Å². The van der Waals surface area contributed by atoms with Crippen molar-refractivity contribution in [3.05, 3.63) is 11.6 Å². The van der Waals surface area contributed by atoms with Crippen molar-refractivity contribution in [3.63, 3.8) is 0 Å². The lowest BCUT2D eigenvalue weighted by molar-refractivity contribution is -0.118. The molecular formula is C12H23NO. The van der Waals surface area contributed by atoms with Crippen molar-refractivity contribution in [2.45, 2.75) is 47.6 Å². The minimum Gasteiger partial charge on any atom is -0.350 e. The Labute approximate surface area is 87.8 Å². The molecule has 0 aliphatic rings. The SMILES string of the molecule is CC(C)C=C(C(=O)NC(C)C)C(C)C. The lowest BCUT2D eigenvalue weighted by atomic mass is 9.98. The molecule has 0 aliphatic heterocycles. The summed E-state index contributed by atoms with van der Waals surface area (Å²) in [6, 6.07) is 0.205. The standard InChI is InChI=1S/C12H23NO/c1-8(2)7-11(9(3)4)12(14)13-10(5)6/h7-10H,1-6H3,(H,13,14). The summed E-state index contributed by atoms with van der Waals surface area (Å²) in [7, 11) is 0. The van der Waals surface area contributed by atoms with Crippen molar-refractivity contribution in [1.82, 2.24) is 5.32 Å². The zero-order valence-electron chi connectivity index (χ0n) is 10.2. The molecule has 14 heavy (non-hydrogen) atoms. The van der Waals surface area contributed by atoms with Gasteiger partial charge in [-0.05, 0) is 25.7 Å². The first-order chi connectivity index (χ1) is 6.34. The third kappa shape index (κ3) is 5.05. The summed E-state index contributed by atoms with van der Waals surface area (Å²) in [5, 5.41) is 2.92. The largest absolute Gasteiger partial charge is 0.350 e. The van der Waals surface area contributed by atoms with Gasteiger partial charge in [0, 0.05) is 11.6 Å². The monoisotopic (exact) mass is 197 g/mol. The summed E-state index contributed by atoms with van der Waals surface area (Å²) in [6.07, 6.45) is 2.04. The van der Waals surface area contributed by atoms with Crippen LogP contribution in [0.1, 0.15) is 41.5 Å². The number of carbonyl (C=O) groups is 1. The van der Waals surface area contributed by atoms with Gasteiger partial charge in [-0.1, -0.05) is 33.8 Å². The quantitative estimate of drug-likeness (QED) is 0.690. The molecule has 0 unspecified atom stereocenters. The highest BCUT2D eigenvalue weighted by Gasteiger charge is 2.14. The Bertz CT molecular complexity index is 214. The van der Waals surface area contributed by atoms with Gasteiger partial charge in [0.2, 0.25) is 5.91 Å². The molecule has 0 aromatic rings. The van der Waals surface area contributed by atoms with Crippen molar-refractivity contribution >= 4 is 5.91 Å². The molecule has 1 N–H and O–H groups in total. The van der Waals surface area contributed by atoms with Crippen LogP contribution in [0, 0.1) is 11.8 Å². The van der Waals surface area contributed by atoms with E-state index in [9.17, 15) is 4.79 Å². The minimum absolute atomic E-state index is 0.0729. The van der Waals surface area contributed by atoms with Gasteiger partial charge in [-0.25, -0.2) is 0 Å². The van der Waals surface area contributed by atoms with Gasteiger partial charge in [-0.15, -0.1) is 0 Å². The lowest BCUT2D eigenvalue weighted by Gasteiger charge is -2.15. The maximum atomic E-state index is 11.8. The Morgan fingerprint density at radius 2 is 1.57 bits per heavy atom. The van der Waals surface area contributed by atoms with Gasteiger partial charge < -0.3 is 5.32 Å². The zero-order valence-corrected chi connectivity index (χ0v) is 10.2. The Hall–Kier alpha value is -0.790. The van der Waals surface area contributed by atoms with E-state index in [0.717, 1.165) is 5.57 Å². The number of allylic oxidation sites excluding steroid dienone is 1. The number of hydrogen-bond acceptors (Lipinski definition) is 1. The molecule has 0 saturated heterocycles. The molecule has 0 heterocycles. The molecule has 0 atom stereocenters. The van der Waals surface area contributed by atoms with Gasteiger partial charge in [-0.3, -0.25) is 4.79 Å². The first-order valence-electron chi connectivity index (χ1n) is 5.37. The second-order valence-corrected chi connectivity index (χ2v) is 4.65. The molecular weight excluding hydrogens is 174 g/mol. The lowest BCUT2D eigenvalue weighted by Crippen LogP contribution is -2.32. The number of rotatable bonds is 4. The predicted octanol–water partition coefficient (Wildman–Crippen LogP) is 2.75. The third-order valence-electron chi connectivity index (χ3n) is 1.82. The fourth-order valence-electron chi connectivity index (χ4n) is 1.23. The Balaban J connectivity index is 4.59. The molecule has 0 fully saturated rings. The second kappa shape index (κ2) is 5.84. The molecule has 1 amide bonds. The highest BCUT2D eigenvalue weighted by atomic mass is 16.1. The van der Waals surface area contributed by atoms with Gasteiger partial charge >= 0.3 is 0 Å². The van der Waals surface area contributed by atoms with Crippen molar-refractivity contribution in [2.75, 3.05) is 0 Å². The molecule has 0 radical (unpaired) electrons. The van der Waals surface area contributed by atoms with Crippen molar-refractivity contribution < 1.29 is 4.79 Å². The molecule has 2 nitrogen and oxygen atoms in total. The normalized spacial score (nSPS) is 12.8. The third-order valence-corrected chi connectivity index (χ3v) is 1.82.